The highest BCUT2D eigenvalue weighted by Gasteiger charge is 2.20. The molecule has 3 unspecified atom stereocenters. The van der Waals surface area contributed by atoms with E-state index in [1.165, 1.54) is 12.8 Å². The highest BCUT2D eigenvalue weighted by molar-refractivity contribution is 4.94. The van der Waals surface area contributed by atoms with Crippen molar-refractivity contribution >= 4 is 0 Å². The van der Waals surface area contributed by atoms with Crippen LogP contribution in [0, 0.1) is 5.92 Å². The summed E-state index contributed by atoms with van der Waals surface area (Å²) in [5, 5.41) is 16.8. The predicted octanol–water partition coefficient (Wildman–Crippen LogP) is 1.72. The second-order valence-corrected chi connectivity index (χ2v) is 5.50. The first-order valence-corrected chi connectivity index (χ1v) is 7.13. The summed E-state index contributed by atoms with van der Waals surface area (Å²) < 4.78 is 10.5. The van der Waals surface area contributed by atoms with Crippen molar-refractivity contribution in [3.05, 3.63) is 18.0 Å². The van der Waals surface area contributed by atoms with Crippen molar-refractivity contribution in [2.75, 3.05) is 13.2 Å². The average molecular weight is 268 g/mol. The van der Waals surface area contributed by atoms with Crippen LogP contribution in [0.5, 0.6) is 0 Å². The van der Waals surface area contributed by atoms with Gasteiger partial charge in [0.25, 0.3) is 0 Å². The summed E-state index contributed by atoms with van der Waals surface area (Å²) in [6, 6.07) is 1.80. The molecule has 3 atom stereocenters. The molecular weight excluding hydrogens is 244 g/mol. The lowest BCUT2D eigenvalue weighted by Gasteiger charge is -2.27. The maximum absolute atomic E-state index is 9.84. The predicted molar refractivity (Wildman–Crippen MR) is 71.6 cm³/mol. The molecule has 1 heterocycles. The van der Waals surface area contributed by atoms with Crippen LogP contribution in [-0.4, -0.2) is 35.6 Å². The largest absolute Gasteiger partial charge is 0.389 e. The Bertz CT molecular complexity index is 342. The number of ether oxygens (including phenoxy) is 1. The second kappa shape index (κ2) is 7.62. The zero-order chi connectivity index (χ0) is 13.5. The summed E-state index contributed by atoms with van der Waals surface area (Å²) in [7, 11) is 0. The summed E-state index contributed by atoms with van der Waals surface area (Å²) in [5.41, 5.74) is 0.842. The fourth-order valence-corrected chi connectivity index (χ4v) is 2.53. The van der Waals surface area contributed by atoms with E-state index in [9.17, 15) is 5.11 Å². The number of hydrogen-bond donors (Lipinski definition) is 2. The first-order valence-electron chi connectivity index (χ1n) is 7.13. The zero-order valence-electron chi connectivity index (χ0n) is 11.5. The van der Waals surface area contributed by atoms with Gasteiger partial charge in [0, 0.05) is 19.2 Å². The van der Waals surface area contributed by atoms with Gasteiger partial charge in [0.1, 0.15) is 6.26 Å². The second-order valence-electron chi connectivity index (χ2n) is 5.50. The number of rotatable bonds is 7. The molecule has 19 heavy (non-hydrogen) atoms. The van der Waals surface area contributed by atoms with Crippen molar-refractivity contribution in [1.29, 1.82) is 0 Å². The summed E-state index contributed by atoms with van der Waals surface area (Å²) in [4.78, 5) is 0. The molecule has 0 aliphatic heterocycles. The molecule has 0 spiro atoms. The third-order valence-electron chi connectivity index (χ3n) is 3.59. The number of aromatic nitrogens is 1. The molecule has 0 saturated heterocycles. The lowest BCUT2D eigenvalue weighted by molar-refractivity contribution is -0.0306. The Morgan fingerprint density at radius 3 is 3.21 bits per heavy atom. The number of aliphatic hydroxyl groups is 1. The van der Waals surface area contributed by atoms with Gasteiger partial charge in [-0.15, -0.1) is 0 Å². The van der Waals surface area contributed by atoms with Crippen molar-refractivity contribution in [2.45, 2.75) is 51.4 Å². The van der Waals surface area contributed by atoms with Crippen LogP contribution in [0.4, 0.5) is 0 Å². The Morgan fingerprint density at radius 2 is 2.47 bits per heavy atom. The Hall–Kier alpha value is -0.910. The van der Waals surface area contributed by atoms with E-state index in [1.807, 2.05) is 0 Å². The van der Waals surface area contributed by atoms with E-state index < -0.39 is 6.10 Å². The van der Waals surface area contributed by atoms with Gasteiger partial charge in [-0.3, -0.25) is 0 Å². The Morgan fingerprint density at radius 1 is 1.58 bits per heavy atom. The third-order valence-corrected chi connectivity index (χ3v) is 3.59. The van der Waals surface area contributed by atoms with E-state index in [2.05, 4.69) is 17.4 Å². The molecule has 5 heteroatoms. The van der Waals surface area contributed by atoms with E-state index in [0.29, 0.717) is 25.8 Å². The van der Waals surface area contributed by atoms with Crippen LogP contribution in [0.2, 0.25) is 0 Å². The molecule has 0 amide bonds. The van der Waals surface area contributed by atoms with Gasteiger partial charge in [-0.2, -0.15) is 0 Å². The van der Waals surface area contributed by atoms with Crippen molar-refractivity contribution in [3.8, 4) is 0 Å². The highest BCUT2D eigenvalue weighted by Crippen LogP contribution is 2.25. The molecule has 1 saturated carbocycles. The van der Waals surface area contributed by atoms with Crippen LogP contribution in [0.1, 0.15) is 38.3 Å². The van der Waals surface area contributed by atoms with E-state index >= 15 is 0 Å². The van der Waals surface area contributed by atoms with Gasteiger partial charge >= 0.3 is 0 Å². The molecule has 0 aromatic carbocycles. The number of aliphatic hydroxyl groups excluding tert-OH is 1. The highest BCUT2D eigenvalue weighted by atomic mass is 16.5. The number of nitrogens with zero attached hydrogens (tertiary/aromatic N) is 1. The quantitative estimate of drug-likeness (QED) is 0.788. The van der Waals surface area contributed by atoms with Gasteiger partial charge in [0.15, 0.2) is 0 Å². The Balaban J connectivity index is 1.55. The minimum atomic E-state index is -0.468. The fraction of sp³-hybridized carbons (Fsp3) is 0.786. The first kappa shape index (κ1) is 14.5. The van der Waals surface area contributed by atoms with Crippen LogP contribution in [0.3, 0.4) is 0 Å². The van der Waals surface area contributed by atoms with Crippen molar-refractivity contribution in [2.24, 2.45) is 5.92 Å². The molecule has 1 aliphatic rings. The van der Waals surface area contributed by atoms with E-state index in [4.69, 9.17) is 9.26 Å². The first-order chi connectivity index (χ1) is 9.24. The van der Waals surface area contributed by atoms with Gasteiger partial charge in [-0.25, -0.2) is 0 Å². The Labute approximate surface area is 114 Å². The maximum atomic E-state index is 9.84. The number of hydrogen-bond acceptors (Lipinski definition) is 5. The van der Waals surface area contributed by atoms with E-state index in [1.54, 1.807) is 12.3 Å². The Kier molecular flexibility index (Phi) is 5.82. The van der Waals surface area contributed by atoms with Crippen molar-refractivity contribution in [1.82, 2.24) is 10.5 Å². The molecule has 1 aliphatic carbocycles. The third kappa shape index (κ3) is 5.30. The fourth-order valence-electron chi connectivity index (χ4n) is 2.53. The van der Waals surface area contributed by atoms with Crippen LogP contribution >= 0.6 is 0 Å². The van der Waals surface area contributed by atoms with Crippen molar-refractivity contribution in [3.63, 3.8) is 0 Å². The van der Waals surface area contributed by atoms with Gasteiger partial charge in [-0.05, 0) is 18.8 Å². The van der Waals surface area contributed by atoms with E-state index in [0.717, 1.165) is 24.5 Å². The smallest absolute Gasteiger partial charge is 0.124 e. The molecular formula is C14H24N2O3. The molecule has 5 nitrogen and oxygen atoms in total. The molecule has 2 rings (SSSR count). The lowest BCUT2D eigenvalue weighted by Crippen LogP contribution is -2.33. The van der Waals surface area contributed by atoms with Gasteiger partial charge in [-0.1, -0.05) is 24.9 Å². The molecule has 2 N–H and O–H groups in total. The SMILES string of the molecule is CC1CCCC(OCC(O)CNCc2ccon2)C1. The molecule has 1 fully saturated rings. The molecule has 0 radical (unpaired) electrons. The lowest BCUT2D eigenvalue weighted by atomic mass is 9.89. The average Bonchev–Trinajstić information content (AvgIpc) is 2.90. The van der Waals surface area contributed by atoms with Crippen LogP contribution in [0.25, 0.3) is 0 Å². The summed E-state index contributed by atoms with van der Waals surface area (Å²) in [5.74, 6) is 0.751. The molecule has 1 aromatic heterocycles. The van der Waals surface area contributed by atoms with Crippen LogP contribution in [-0.2, 0) is 11.3 Å². The van der Waals surface area contributed by atoms with Crippen LogP contribution < -0.4 is 5.32 Å². The van der Waals surface area contributed by atoms with Gasteiger partial charge in [0.2, 0.25) is 0 Å². The summed E-state index contributed by atoms with van der Waals surface area (Å²) >= 11 is 0. The molecule has 1 aromatic rings. The monoisotopic (exact) mass is 268 g/mol. The zero-order valence-corrected chi connectivity index (χ0v) is 11.5. The summed E-state index contributed by atoms with van der Waals surface area (Å²) in [6.45, 7) is 3.79. The maximum Gasteiger partial charge on any atom is 0.124 e. The standard InChI is InChI=1S/C14H24N2O3/c1-11-3-2-4-14(7-11)18-10-13(17)9-15-8-12-5-6-19-16-12/h5-6,11,13-15,17H,2-4,7-10H2,1H3. The molecule has 0 bridgehead atoms. The number of nitrogens with one attached hydrogen (secondary N) is 1. The van der Waals surface area contributed by atoms with Crippen LogP contribution in [0.15, 0.2) is 16.9 Å². The topological polar surface area (TPSA) is 67.5 Å². The van der Waals surface area contributed by atoms with Gasteiger partial charge in [0.05, 0.1) is 24.5 Å². The minimum Gasteiger partial charge on any atom is -0.389 e. The molecule has 108 valence electrons. The van der Waals surface area contributed by atoms with Crippen molar-refractivity contribution < 1.29 is 14.4 Å². The minimum absolute atomic E-state index is 0.328. The normalized spacial score (nSPS) is 25.4. The van der Waals surface area contributed by atoms with E-state index in [-0.39, 0.29) is 0 Å². The van der Waals surface area contributed by atoms with Gasteiger partial charge < -0.3 is 19.7 Å². The summed E-state index contributed by atoms with van der Waals surface area (Å²) in [6.07, 6.45) is 6.20.